The average Bonchev–Trinajstić information content (AvgIpc) is 2.72. The molecular formula is C26H42O3. The van der Waals surface area contributed by atoms with E-state index in [1.807, 2.05) is 24.3 Å². The van der Waals surface area contributed by atoms with E-state index in [1.165, 1.54) is 77.0 Å². The van der Waals surface area contributed by atoms with Crippen LogP contribution in [-0.4, -0.2) is 17.2 Å². The van der Waals surface area contributed by atoms with E-state index >= 15 is 0 Å². The first-order valence-corrected chi connectivity index (χ1v) is 11.8. The fourth-order valence-corrected chi connectivity index (χ4v) is 3.58. The summed E-state index contributed by atoms with van der Waals surface area (Å²) in [6.07, 6.45) is 21.0. The molecule has 0 heterocycles. The van der Waals surface area contributed by atoms with Crippen LogP contribution in [0.5, 0.6) is 5.75 Å². The predicted octanol–water partition coefficient (Wildman–Crippen LogP) is 8.03. The van der Waals surface area contributed by atoms with Crippen LogP contribution >= 0.6 is 0 Å². The Balaban J connectivity index is 2.47. The molecule has 0 aliphatic carbocycles. The quantitative estimate of drug-likeness (QED) is 0.200. The lowest BCUT2D eigenvalue weighted by atomic mass is 10.0. The molecule has 1 N–H and O–H groups in total. The van der Waals surface area contributed by atoms with Crippen molar-refractivity contribution in [3.63, 3.8) is 0 Å². The van der Waals surface area contributed by atoms with Crippen molar-refractivity contribution in [3.8, 4) is 5.75 Å². The molecule has 3 heteroatoms. The minimum Gasteiger partial charge on any atom is -0.490 e. The highest BCUT2D eigenvalue weighted by atomic mass is 16.5. The van der Waals surface area contributed by atoms with Crippen molar-refractivity contribution in [3.05, 3.63) is 35.9 Å². The minimum atomic E-state index is -0.928. The summed E-state index contributed by atoms with van der Waals surface area (Å²) in [6, 6.07) is 7.75. The molecule has 1 rings (SSSR count). The summed E-state index contributed by atoms with van der Waals surface area (Å²) >= 11 is 0. The Kier molecular flexibility index (Phi) is 14.9. The first-order valence-electron chi connectivity index (χ1n) is 11.8. The highest BCUT2D eigenvalue weighted by Gasteiger charge is 2.10. The normalized spacial score (nSPS) is 11.4. The molecule has 0 spiro atoms. The molecule has 1 aromatic carbocycles. The van der Waals surface area contributed by atoms with Crippen LogP contribution in [0.2, 0.25) is 0 Å². The number of benzene rings is 1. The zero-order valence-corrected chi connectivity index (χ0v) is 18.7. The van der Waals surface area contributed by atoms with Crippen molar-refractivity contribution in [2.75, 3.05) is 0 Å². The van der Waals surface area contributed by atoms with E-state index < -0.39 is 5.97 Å². The van der Waals surface area contributed by atoms with Gasteiger partial charge in [0.1, 0.15) is 5.75 Å². The molecule has 0 amide bonds. The molecule has 0 saturated heterocycles. The van der Waals surface area contributed by atoms with E-state index in [1.54, 1.807) is 6.08 Å². The first kappa shape index (κ1) is 25.3. The van der Waals surface area contributed by atoms with Gasteiger partial charge < -0.3 is 9.84 Å². The second-order valence-electron chi connectivity index (χ2n) is 8.09. The zero-order chi connectivity index (χ0) is 21.2. The summed E-state index contributed by atoms with van der Waals surface area (Å²) in [5, 5.41) is 8.74. The van der Waals surface area contributed by atoms with E-state index in [4.69, 9.17) is 9.84 Å². The number of carbonyl (C=O) groups is 1. The smallest absolute Gasteiger partial charge is 0.328 e. The minimum absolute atomic E-state index is 0.285. The third-order valence-electron chi connectivity index (χ3n) is 5.36. The molecule has 164 valence electrons. The Hall–Kier alpha value is -1.77. The highest BCUT2D eigenvalue weighted by molar-refractivity contribution is 5.85. The molecule has 0 atom stereocenters. The van der Waals surface area contributed by atoms with Gasteiger partial charge in [-0.1, -0.05) is 90.2 Å². The molecule has 0 unspecified atom stereocenters. The van der Waals surface area contributed by atoms with Gasteiger partial charge >= 0.3 is 5.97 Å². The number of unbranched alkanes of at least 4 members (excludes halogenated alkanes) is 10. The van der Waals surface area contributed by atoms with Crippen molar-refractivity contribution in [2.45, 2.75) is 110 Å². The molecule has 3 nitrogen and oxygen atoms in total. The Morgan fingerprint density at radius 3 is 1.79 bits per heavy atom. The van der Waals surface area contributed by atoms with Crippen LogP contribution < -0.4 is 4.74 Å². The third kappa shape index (κ3) is 13.9. The van der Waals surface area contributed by atoms with Crippen LogP contribution in [0.3, 0.4) is 0 Å². The average molecular weight is 403 g/mol. The fraction of sp³-hybridized carbons (Fsp3) is 0.654. The highest BCUT2D eigenvalue weighted by Crippen LogP contribution is 2.21. The first-order chi connectivity index (χ1) is 14.2. The third-order valence-corrected chi connectivity index (χ3v) is 5.36. The molecule has 0 aromatic heterocycles. The monoisotopic (exact) mass is 402 g/mol. The summed E-state index contributed by atoms with van der Waals surface area (Å²) in [4.78, 5) is 10.6. The van der Waals surface area contributed by atoms with Gasteiger partial charge in [-0.05, 0) is 49.5 Å². The molecule has 0 radical (unpaired) electrons. The van der Waals surface area contributed by atoms with Crippen molar-refractivity contribution in [1.82, 2.24) is 0 Å². The van der Waals surface area contributed by atoms with Crippen LogP contribution in [0, 0.1) is 0 Å². The molecule has 0 fully saturated rings. The zero-order valence-electron chi connectivity index (χ0n) is 18.7. The molecule has 1 aromatic rings. The van der Waals surface area contributed by atoms with E-state index in [0.717, 1.165) is 30.2 Å². The number of carboxylic acid groups (broad SMARTS) is 1. The lowest BCUT2D eigenvalue weighted by molar-refractivity contribution is -0.131. The van der Waals surface area contributed by atoms with Crippen LogP contribution in [-0.2, 0) is 4.79 Å². The Morgan fingerprint density at radius 2 is 1.31 bits per heavy atom. The van der Waals surface area contributed by atoms with E-state index in [2.05, 4.69) is 13.8 Å². The van der Waals surface area contributed by atoms with Gasteiger partial charge in [-0.15, -0.1) is 0 Å². The maximum Gasteiger partial charge on any atom is 0.328 e. The second-order valence-corrected chi connectivity index (χ2v) is 8.09. The van der Waals surface area contributed by atoms with Crippen LogP contribution in [0.1, 0.15) is 109 Å². The lowest BCUT2D eigenvalue weighted by Gasteiger charge is -2.19. The molecule has 0 saturated carbocycles. The second kappa shape index (κ2) is 17.1. The Labute approximate surface area is 178 Å². The summed E-state index contributed by atoms with van der Waals surface area (Å²) in [6.45, 7) is 4.51. The number of carboxylic acids is 1. The largest absolute Gasteiger partial charge is 0.490 e. The summed E-state index contributed by atoms with van der Waals surface area (Å²) in [7, 11) is 0. The molecule has 0 aliphatic rings. The van der Waals surface area contributed by atoms with Gasteiger partial charge in [0.2, 0.25) is 0 Å². The number of ether oxygens (including phenoxy) is 1. The maximum atomic E-state index is 10.6. The van der Waals surface area contributed by atoms with Gasteiger partial charge in [0.25, 0.3) is 0 Å². The van der Waals surface area contributed by atoms with Gasteiger partial charge in [0.05, 0.1) is 6.10 Å². The summed E-state index contributed by atoms with van der Waals surface area (Å²) in [5.41, 5.74) is 0.878. The summed E-state index contributed by atoms with van der Waals surface area (Å²) < 4.78 is 6.31. The standard InChI is InChI=1S/C26H42O3/c1-3-5-7-9-11-13-15-24(16-14-12-10-8-6-4-2)29-25-20-17-23(18-21-25)19-22-26(27)28/h17-22,24H,3-16H2,1-2H3,(H,27,28). The van der Waals surface area contributed by atoms with Gasteiger partial charge in [0, 0.05) is 6.08 Å². The Morgan fingerprint density at radius 1 is 0.828 bits per heavy atom. The molecule has 0 bridgehead atoms. The fourth-order valence-electron chi connectivity index (χ4n) is 3.58. The van der Waals surface area contributed by atoms with Crippen LogP contribution in [0.4, 0.5) is 0 Å². The van der Waals surface area contributed by atoms with Crippen molar-refractivity contribution in [1.29, 1.82) is 0 Å². The number of hydrogen-bond donors (Lipinski definition) is 1. The van der Waals surface area contributed by atoms with Gasteiger partial charge in [-0.3, -0.25) is 0 Å². The number of rotatable bonds is 18. The van der Waals surface area contributed by atoms with E-state index in [9.17, 15) is 4.79 Å². The lowest BCUT2D eigenvalue weighted by Crippen LogP contribution is -2.16. The van der Waals surface area contributed by atoms with Gasteiger partial charge in [0.15, 0.2) is 0 Å². The van der Waals surface area contributed by atoms with Crippen molar-refractivity contribution < 1.29 is 14.6 Å². The SMILES string of the molecule is CCCCCCCCC(CCCCCCCC)Oc1ccc(C=CC(=O)O)cc1. The van der Waals surface area contributed by atoms with Crippen molar-refractivity contribution >= 4 is 12.0 Å². The summed E-state index contributed by atoms with van der Waals surface area (Å²) in [5.74, 6) is -0.0392. The maximum absolute atomic E-state index is 10.6. The van der Waals surface area contributed by atoms with Crippen molar-refractivity contribution in [2.24, 2.45) is 0 Å². The van der Waals surface area contributed by atoms with Gasteiger partial charge in [-0.25, -0.2) is 4.79 Å². The topological polar surface area (TPSA) is 46.5 Å². The van der Waals surface area contributed by atoms with Crippen LogP contribution in [0.15, 0.2) is 30.3 Å². The van der Waals surface area contributed by atoms with E-state index in [-0.39, 0.29) is 6.10 Å². The number of hydrogen-bond acceptors (Lipinski definition) is 2. The van der Waals surface area contributed by atoms with Crippen LogP contribution in [0.25, 0.3) is 6.08 Å². The molecule has 29 heavy (non-hydrogen) atoms. The van der Waals surface area contributed by atoms with Gasteiger partial charge in [-0.2, -0.15) is 0 Å². The number of aliphatic carboxylic acids is 1. The van der Waals surface area contributed by atoms with E-state index in [0.29, 0.717) is 0 Å². The predicted molar refractivity (Wildman–Crippen MR) is 124 cm³/mol. The Bertz CT molecular complexity index is 532. The molecular weight excluding hydrogens is 360 g/mol. The molecule has 0 aliphatic heterocycles.